The molecule has 1 aromatic rings. The predicted molar refractivity (Wildman–Crippen MR) is 66.2 cm³/mol. The maximum absolute atomic E-state index is 5.98. The summed E-state index contributed by atoms with van der Waals surface area (Å²) in [6, 6.07) is 1.67. The van der Waals surface area contributed by atoms with Gasteiger partial charge in [0.2, 0.25) is 11.8 Å². The van der Waals surface area contributed by atoms with Crippen LogP contribution in [0.15, 0.2) is 12.4 Å². The van der Waals surface area contributed by atoms with Crippen LogP contribution in [-0.2, 0) is 0 Å². The largest absolute Gasteiger partial charge is 0.476 e. The third-order valence-electron chi connectivity index (χ3n) is 2.33. The number of hydrogen-bond donors (Lipinski definition) is 1. The van der Waals surface area contributed by atoms with Crippen LogP contribution in [0.5, 0.6) is 11.8 Å². The topological polar surface area (TPSA) is 70.3 Å². The lowest BCUT2D eigenvalue weighted by molar-refractivity contribution is 0.209. The Labute approximate surface area is 102 Å². The minimum Gasteiger partial charge on any atom is -0.476 e. The van der Waals surface area contributed by atoms with E-state index in [-0.39, 0.29) is 11.6 Å². The zero-order valence-corrected chi connectivity index (χ0v) is 10.9. The summed E-state index contributed by atoms with van der Waals surface area (Å²) in [6.07, 6.45) is 2.34. The summed E-state index contributed by atoms with van der Waals surface area (Å²) in [7, 11) is 0. The maximum Gasteiger partial charge on any atom is 0.220 e. The first kappa shape index (κ1) is 13.7. The highest BCUT2D eigenvalue weighted by Gasteiger charge is 2.17. The molecule has 1 aromatic heterocycles. The van der Waals surface area contributed by atoms with Gasteiger partial charge in [0.25, 0.3) is 0 Å². The van der Waals surface area contributed by atoms with Gasteiger partial charge in [0.05, 0.1) is 12.2 Å². The fourth-order valence-electron chi connectivity index (χ4n) is 1.05. The van der Waals surface area contributed by atoms with Crippen molar-refractivity contribution < 1.29 is 9.47 Å². The number of nitrogens with two attached hydrogens (primary N) is 1. The van der Waals surface area contributed by atoms with Crippen LogP contribution in [0.1, 0.15) is 34.1 Å². The van der Waals surface area contributed by atoms with E-state index in [1.54, 1.807) is 6.07 Å². The second-order valence-corrected chi connectivity index (χ2v) is 4.66. The van der Waals surface area contributed by atoms with Crippen LogP contribution in [0.4, 0.5) is 0 Å². The Morgan fingerprint density at radius 1 is 1.35 bits per heavy atom. The minimum absolute atomic E-state index is 0.0770. The molecule has 5 heteroatoms. The molecule has 0 radical (unpaired) electrons. The van der Waals surface area contributed by atoms with Crippen molar-refractivity contribution in [3.8, 4) is 11.8 Å². The summed E-state index contributed by atoms with van der Waals surface area (Å²) in [5.41, 5.74) is 5.64. The van der Waals surface area contributed by atoms with E-state index in [2.05, 4.69) is 9.97 Å². The van der Waals surface area contributed by atoms with Crippen molar-refractivity contribution in [1.29, 1.82) is 0 Å². The number of rotatable bonds is 6. The molecule has 2 N–H and O–H groups in total. The van der Waals surface area contributed by atoms with Crippen molar-refractivity contribution in [3.05, 3.63) is 12.4 Å². The predicted octanol–water partition coefficient (Wildman–Crippen LogP) is 1.77. The van der Waals surface area contributed by atoms with Gasteiger partial charge in [-0.1, -0.05) is 6.92 Å². The van der Waals surface area contributed by atoms with Crippen LogP contribution in [0.25, 0.3) is 0 Å². The molecule has 0 spiro atoms. The molecule has 17 heavy (non-hydrogen) atoms. The van der Waals surface area contributed by atoms with Crippen molar-refractivity contribution >= 4 is 0 Å². The van der Waals surface area contributed by atoms with Crippen LogP contribution in [0.3, 0.4) is 0 Å². The van der Waals surface area contributed by atoms with Gasteiger partial charge in [-0.2, -0.15) is 0 Å². The van der Waals surface area contributed by atoms with E-state index in [1.165, 1.54) is 6.33 Å². The Morgan fingerprint density at radius 2 is 2.00 bits per heavy atom. The van der Waals surface area contributed by atoms with Crippen molar-refractivity contribution in [3.63, 3.8) is 0 Å². The maximum atomic E-state index is 5.98. The molecule has 0 amide bonds. The molecular formula is C12H21N3O2. The zero-order valence-electron chi connectivity index (χ0n) is 10.9. The van der Waals surface area contributed by atoms with Crippen molar-refractivity contribution in [2.24, 2.45) is 5.73 Å². The Kier molecular flexibility index (Phi) is 4.69. The first-order chi connectivity index (χ1) is 7.93. The lowest BCUT2D eigenvalue weighted by Crippen LogP contribution is -2.41. The van der Waals surface area contributed by atoms with Crippen LogP contribution in [0, 0.1) is 0 Å². The van der Waals surface area contributed by atoms with Crippen molar-refractivity contribution in [2.45, 2.75) is 45.8 Å². The first-order valence-corrected chi connectivity index (χ1v) is 5.83. The third kappa shape index (κ3) is 4.99. The van der Waals surface area contributed by atoms with E-state index >= 15 is 0 Å². The molecule has 0 aliphatic heterocycles. The molecule has 5 nitrogen and oxygen atoms in total. The number of hydrogen-bond acceptors (Lipinski definition) is 5. The van der Waals surface area contributed by atoms with Gasteiger partial charge in [0.1, 0.15) is 12.9 Å². The monoisotopic (exact) mass is 239 g/mol. The molecule has 0 saturated carbocycles. The molecule has 1 heterocycles. The molecule has 0 saturated heterocycles. The second-order valence-electron chi connectivity index (χ2n) is 4.66. The summed E-state index contributed by atoms with van der Waals surface area (Å²) in [5, 5.41) is 0. The highest BCUT2D eigenvalue weighted by Crippen LogP contribution is 2.16. The molecule has 96 valence electrons. The Bertz CT molecular complexity index is 353. The lowest BCUT2D eigenvalue weighted by Gasteiger charge is -2.22. The van der Waals surface area contributed by atoms with Gasteiger partial charge in [-0.15, -0.1) is 0 Å². The number of nitrogens with zero attached hydrogens (tertiary/aromatic N) is 2. The molecule has 0 aliphatic rings. The number of ether oxygens (including phenoxy) is 2. The molecule has 1 rings (SSSR count). The SMILES string of the molecule is CCC(C)(N)COc1cc(OC(C)C)ncn1. The van der Waals surface area contributed by atoms with E-state index in [0.717, 1.165) is 6.42 Å². The third-order valence-corrected chi connectivity index (χ3v) is 2.33. The van der Waals surface area contributed by atoms with Gasteiger partial charge >= 0.3 is 0 Å². The van der Waals surface area contributed by atoms with Gasteiger partial charge in [0.15, 0.2) is 0 Å². The van der Waals surface area contributed by atoms with Gasteiger partial charge < -0.3 is 15.2 Å². The van der Waals surface area contributed by atoms with Gasteiger partial charge in [0, 0.05) is 5.54 Å². The Morgan fingerprint density at radius 3 is 2.59 bits per heavy atom. The van der Waals surface area contributed by atoms with E-state index in [9.17, 15) is 0 Å². The summed E-state index contributed by atoms with van der Waals surface area (Å²) in [6.45, 7) is 8.27. The first-order valence-electron chi connectivity index (χ1n) is 5.83. The summed E-state index contributed by atoms with van der Waals surface area (Å²) in [5.74, 6) is 1.00. The van der Waals surface area contributed by atoms with E-state index in [0.29, 0.717) is 18.4 Å². The van der Waals surface area contributed by atoms with Gasteiger partial charge in [-0.05, 0) is 27.2 Å². The summed E-state index contributed by atoms with van der Waals surface area (Å²) >= 11 is 0. The quantitative estimate of drug-likeness (QED) is 0.819. The highest BCUT2D eigenvalue weighted by molar-refractivity contribution is 5.18. The van der Waals surface area contributed by atoms with E-state index in [4.69, 9.17) is 15.2 Å². The summed E-state index contributed by atoms with van der Waals surface area (Å²) < 4.78 is 11.0. The van der Waals surface area contributed by atoms with Gasteiger partial charge in [-0.25, -0.2) is 9.97 Å². The Hall–Kier alpha value is -1.36. The fourth-order valence-corrected chi connectivity index (χ4v) is 1.05. The summed E-state index contributed by atoms with van der Waals surface area (Å²) in [4.78, 5) is 8.01. The molecule has 1 unspecified atom stereocenters. The standard InChI is InChI=1S/C12H21N3O2/c1-5-12(4,13)7-16-10-6-11(15-8-14-10)17-9(2)3/h6,8-9H,5,7,13H2,1-4H3. The second kappa shape index (κ2) is 5.82. The molecule has 0 fully saturated rings. The molecular weight excluding hydrogens is 218 g/mol. The molecule has 0 aromatic carbocycles. The van der Waals surface area contributed by atoms with Crippen LogP contribution < -0.4 is 15.2 Å². The lowest BCUT2D eigenvalue weighted by atomic mass is 10.0. The average molecular weight is 239 g/mol. The average Bonchev–Trinajstić information content (AvgIpc) is 2.26. The molecule has 0 aliphatic carbocycles. The fraction of sp³-hybridized carbons (Fsp3) is 0.667. The van der Waals surface area contributed by atoms with Crippen LogP contribution >= 0.6 is 0 Å². The zero-order chi connectivity index (χ0) is 12.9. The Balaban J connectivity index is 2.60. The molecule has 1 atom stereocenters. The highest BCUT2D eigenvalue weighted by atomic mass is 16.5. The number of aromatic nitrogens is 2. The molecule has 0 bridgehead atoms. The van der Waals surface area contributed by atoms with Crippen LogP contribution in [-0.4, -0.2) is 28.2 Å². The van der Waals surface area contributed by atoms with Crippen molar-refractivity contribution in [1.82, 2.24) is 9.97 Å². The smallest absolute Gasteiger partial charge is 0.220 e. The van der Waals surface area contributed by atoms with Crippen LogP contribution in [0.2, 0.25) is 0 Å². The van der Waals surface area contributed by atoms with Crippen molar-refractivity contribution in [2.75, 3.05) is 6.61 Å². The van der Waals surface area contributed by atoms with E-state index < -0.39 is 0 Å². The van der Waals surface area contributed by atoms with Gasteiger partial charge in [-0.3, -0.25) is 0 Å². The minimum atomic E-state index is -0.343. The normalized spacial score (nSPS) is 14.5. The van der Waals surface area contributed by atoms with E-state index in [1.807, 2.05) is 27.7 Å².